The summed E-state index contributed by atoms with van der Waals surface area (Å²) in [4.78, 5) is 25.6. The van der Waals surface area contributed by atoms with E-state index in [9.17, 15) is 22.8 Å². The van der Waals surface area contributed by atoms with Crippen LogP contribution in [0.1, 0.15) is 32.8 Å². The molecule has 1 aromatic heterocycles. The summed E-state index contributed by atoms with van der Waals surface area (Å²) in [5, 5.41) is 4.84. The Morgan fingerprint density at radius 1 is 1.38 bits per heavy atom. The Morgan fingerprint density at radius 3 is 2.50 bits per heavy atom. The highest BCUT2D eigenvalue weighted by atomic mass is 19.4. The van der Waals surface area contributed by atoms with Crippen molar-refractivity contribution in [2.24, 2.45) is 5.41 Å². The van der Waals surface area contributed by atoms with Gasteiger partial charge in [-0.3, -0.25) is 4.79 Å². The van der Waals surface area contributed by atoms with E-state index >= 15 is 0 Å². The van der Waals surface area contributed by atoms with Gasteiger partial charge in [0, 0.05) is 24.8 Å². The zero-order chi connectivity index (χ0) is 18.3. The van der Waals surface area contributed by atoms with Gasteiger partial charge in [-0.2, -0.15) is 13.2 Å². The van der Waals surface area contributed by atoms with Gasteiger partial charge in [0.15, 0.2) is 0 Å². The number of alkyl halides is 3. The fourth-order valence-electron chi connectivity index (χ4n) is 2.78. The number of methoxy groups -OCH3 is 1. The second kappa shape index (κ2) is 5.80. The number of hydrogen-bond acceptors (Lipinski definition) is 3. The highest BCUT2D eigenvalue weighted by molar-refractivity contribution is 5.89. The van der Waals surface area contributed by atoms with Crippen molar-refractivity contribution >= 4 is 11.7 Å². The number of urea groups is 1. The summed E-state index contributed by atoms with van der Waals surface area (Å²) in [5.74, 6) is 0. The molecule has 1 fully saturated rings. The van der Waals surface area contributed by atoms with E-state index in [4.69, 9.17) is 4.74 Å². The van der Waals surface area contributed by atoms with E-state index in [0.717, 1.165) is 0 Å². The standard InChI is InChI=1S/C15H20F3N3O3/c1-13(2)10(6-14(13,3)24-4)21-12(23)20-9-5-8(15(16,17)18)7-19-11(9)22/h5,7,10H,6H2,1-4H3,(H,19,22)(H2,20,21,23). The summed E-state index contributed by atoms with van der Waals surface area (Å²) >= 11 is 0. The highest BCUT2D eigenvalue weighted by Crippen LogP contribution is 2.51. The summed E-state index contributed by atoms with van der Waals surface area (Å²) in [6.45, 7) is 5.75. The van der Waals surface area contributed by atoms with Crippen LogP contribution >= 0.6 is 0 Å². The molecular formula is C15H20F3N3O3. The normalized spacial score (nSPS) is 25.7. The molecular weight excluding hydrogens is 327 g/mol. The van der Waals surface area contributed by atoms with Crippen molar-refractivity contribution in [2.75, 3.05) is 12.4 Å². The maximum absolute atomic E-state index is 12.7. The molecule has 2 atom stereocenters. The van der Waals surface area contributed by atoms with Crippen molar-refractivity contribution < 1.29 is 22.7 Å². The average Bonchev–Trinajstić information content (AvgIpc) is 2.47. The van der Waals surface area contributed by atoms with Crippen LogP contribution < -0.4 is 16.2 Å². The Kier molecular flexibility index (Phi) is 4.43. The zero-order valence-corrected chi connectivity index (χ0v) is 13.8. The maximum atomic E-state index is 12.7. The molecule has 1 aliphatic rings. The predicted octanol–water partition coefficient (Wildman–Crippen LogP) is 2.72. The van der Waals surface area contributed by atoms with Crippen LogP contribution in [0.2, 0.25) is 0 Å². The molecule has 2 unspecified atom stereocenters. The van der Waals surface area contributed by atoms with Crippen molar-refractivity contribution in [3.8, 4) is 0 Å². The minimum atomic E-state index is -4.62. The number of hydrogen-bond donors (Lipinski definition) is 3. The van der Waals surface area contributed by atoms with E-state index in [1.54, 1.807) is 7.11 Å². The molecule has 9 heteroatoms. The smallest absolute Gasteiger partial charge is 0.378 e. The molecule has 24 heavy (non-hydrogen) atoms. The summed E-state index contributed by atoms with van der Waals surface area (Å²) in [6, 6.07) is -0.368. The van der Waals surface area contributed by atoms with Gasteiger partial charge in [-0.05, 0) is 19.4 Å². The minimum absolute atomic E-state index is 0.229. The van der Waals surface area contributed by atoms with Gasteiger partial charge >= 0.3 is 12.2 Å². The molecule has 0 saturated heterocycles. The topological polar surface area (TPSA) is 83.2 Å². The number of amides is 2. The molecule has 0 radical (unpaired) electrons. The number of rotatable bonds is 3. The molecule has 2 amide bonds. The number of carbonyl (C=O) groups excluding carboxylic acids is 1. The number of aromatic nitrogens is 1. The number of carbonyl (C=O) groups is 1. The highest BCUT2D eigenvalue weighted by Gasteiger charge is 2.58. The van der Waals surface area contributed by atoms with E-state index in [2.05, 4.69) is 10.6 Å². The van der Waals surface area contributed by atoms with Crippen LogP contribution in [0.4, 0.5) is 23.7 Å². The monoisotopic (exact) mass is 347 g/mol. The first-order valence-electron chi connectivity index (χ1n) is 7.33. The molecule has 0 aromatic carbocycles. The summed E-state index contributed by atoms with van der Waals surface area (Å²) in [5.41, 5.74) is -3.09. The third-order valence-corrected chi connectivity index (χ3v) is 5.06. The van der Waals surface area contributed by atoms with Crippen LogP contribution in [0.3, 0.4) is 0 Å². The van der Waals surface area contributed by atoms with Gasteiger partial charge in [-0.25, -0.2) is 4.79 Å². The van der Waals surface area contributed by atoms with Crippen molar-refractivity contribution in [3.63, 3.8) is 0 Å². The fraction of sp³-hybridized carbons (Fsp3) is 0.600. The lowest BCUT2D eigenvalue weighted by atomic mass is 9.56. The number of nitrogens with one attached hydrogen (secondary N) is 3. The molecule has 2 rings (SSSR count). The van der Waals surface area contributed by atoms with Crippen LogP contribution in [0.25, 0.3) is 0 Å². The second-order valence-electron chi connectivity index (χ2n) is 6.64. The van der Waals surface area contributed by atoms with Crippen molar-refractivity contribution in [1.29, 1.82) is 0 Å². The molecule has 1 aliphatic carbocycles. The van der Waals surface area contributed by atoms with Crippen LogP contribution in [0.15, 0.2) is 17.1 Å². The number of ether oxygens (including phenoxy) is 1. The molecule has 3 N–H and O–H groups in total. The zero-order valence-electron chi connectivity index (χ0n) is 13.8. The Labute approximate surface area is 136 Å². The van der Waals surface area contributed by atoms with Gasteiger partial charge in [-0.15, -0.1) is 0 Å². The minimum Gasteiger partial charge on any atom is -0.378 e. The molecule has 0 bridgehead atoms. The second-order valence-corrected chi connectivity index (χ2v) is 6.64. The quantitative estimate of drug-likeness (QED) is 0.786. The van der Waals surface area contributed by atoms with Crippen molar-refractivity contribution in [2.45, 2.75) is 45.0 Å². The summed E-state index contributed by atoms with van der Waals surface area (Å²) < 4.78 is 43.5. The lowest BCUT2D eigenvalue weighted by molar-refractivity contribution is -0.177. The molecule has 134 valence electrons. The largest absolute Gasteiger partial charge is 0.417 e. The first-order valence-corrected chi connectivity index (χ1v) is 7.33. The first-order chi connectivity index (χ1) is 10.9. The third-order valence-electron chi connectivity index (χ3n) is 5.06. The van der Waals surface area contributed by atoms with Gasteiger partial charge in [0.25, 0.3) is 5.56 Å². The molecule has 1 saturated carbocycles. The van der Waals surface area contributed by atoms with E-state index in [-0.39, 0.29) is 11.5 Å². The van der Waals surface area contributed by atoms with Crippen LogP contribution in [-0.2, 0) is 10.9 Å². The van der Waals surface area contributed by atoms with Gasteiger partial charge in [0.1, 0.15) is 5.69 Å². The van der Waals surface area contributed by atoms with E-state index < -0.39 is 34.6 Å². The molecule has 0 spiro atoms. The first kappa shape index (κ1) is 18.3. The third kappa shape index (κ3) is 3.12. The van der Waals surface area contributed by atoms with Gasteiger partial charge in [0.05, 0.1) is 11.2 Å². The lowest BCUT2D eigenvalue weighted by Crippen LogP contribution is -2.69. The SMILES string of the molecule is COC1(C)CC(NC(=O)Nc2cc(C(F)(F)F)c[nH]c2=O)C1(C)C. The van der Waals surface area contributed by atoms with Crippen LogP contribution in [0.5, 0.6) is 0 Å². The lowest BCUT2D eigenvalue weighted by Gasteiger charge is -2.59. The van der Waals surface area contributed by atoms with Gasteiger partial charge in [0.2, 0.25) is 0 Å². The fourth-order valence-corrected chi connectivity index (χ4v) is 2.78. The number of H-pyrrole nitrogens is 1. The maximum Gasteiger partial charge on any atom is 0.417 e. The Bertz CT molecular complexity index is 699. The van der Waals surface area contributed by atoms with Crippen LogP contribution in [0, 0.1) is 5.41 Å². The summed E-state index contributed by atoms with van der Waals surface area (Å²) in [7, 11) is 1.58. The van der Waals surface area contributed by atoms with Gasteiger partial charge < -0.3 is 20.4 Å². The number of pyridine rings is 1. The molecule has 6 nitrogen and oxygen atoms in total. The van der Waals surface area contributed by atoms with E-state index in [0.29, 0.717) is 18.7 Å². The van der Waals surface area contributed by atoms with Crippen molar-refractivity contribution in [3.05, 3.63) is 28.2 Å². The Balaban J connectivity index is 2.08. The van der Waals surface area contributed by atoms with Crippen LogP contribution in [-0.4, -0.2) is 29.8 Å². The van der Waals surface area contributed by atoms with E-state index in [1.165, 1.54) is 0 Å². The van der Waals surface area contributed by atoms with E-state index in [1.807, 2.05) is 25.8 Å². The van der Waals surface area contributed by atoms with Crippen molar-refractivity contribution in [1.82, 2.24) is 10.3 Å². The average molecular weight is 347 g/mol. The van der Waals surface area contributed by atoms with Gasteiger partial charge in [-0.1, -0.05) is 13.8 Å². The summed E-state index contributed by atoms with van der Waals surface area (Å²) in [6.07, 6.45) is -3.50. The number of aromatic amines is 1. The number of anilines is 1. The number of halogens is 3. The molecule has 0 aliphatic heterocycles. The molecule has 1 heterocycles. The Hall–Kier alpha value is -2.03. The predicted molar refractivity (Wildman–Crippen MR) is 81.8 cm³/mol. The molecule has 1 aromatic rings. The Morgan fingerprint density at radius 2 is 2.00 bits per heavy atom.